The summed E-state index contributed by atoms with van der Waals surface area (Å²) >= 11 is 0. The minimum absolute atomic E-state index is 0.0580. The first-order valence-corrected chi connectivity index (χ1v) is 12.2. The zero-order valence-electron chi connectivity index (χ0n) is 20.4. The molecule has 3 N–H and O–H groups in total. The Balaban J connectivity index is 1.58. The molecule has 1 atom stereocenters. The van der Waals surface area contributed by atoms with E-state index in [1.807, 2.05) is 18.2 Å². The number of rotatable bonds is 9. The lowest BCUT2D eigenvalue weighted by atomic mass is 9.99. The first kappa shape index (κ1) is 24.8. The summed E-state index contributed by atoms with van der Waals surface area (Å²) in [7, 11) is 1.65. The number of guanidine groups is 1. The van der Waals surface area contributed by atoms with Gasteiger partial charge in [-0.2, -0.15) is 0 Å². The van der Waals surface area contributed by atoms with Crippen LogP contribution in [0.15, 0.2) is 53.5 Å². The zero-order chi connectivity index (χ0) is 23.5. The van der Waals surface area contributed by atoms with Gasteiger partial charge in [-0.3, -0.25) is 9.69 Å². The second-order valence-electron chi connectivity index (χ2n) is 8.90. The molecule has 1 aliphatic heterocycles. The lowest BCUT2D eigenvalue weighted by Crippen LogP contribution is -2.38. The van der Waals surface area contributed by atoms with Crippen LogP contribution in [0.25, 0.3) is 0 Å². The Kier molecular flexibility index (Phi) is 9.76. The van der Waals surface area contributed by atoms with Gasteiger partial charge in [-0.25, -0.2) is 4.99 Å². The van der Waals surface area contributed by atoms with Crippen molar-refractivity contribution in [3.05, 3.63) is 70.8 Å². The highest BCUT2D eigenvalue weighted by Gasteiger charge is 2.17. The molecule has 1 aliphatic rings. The number of nitrogens with one attached hydrogen (secondary N) is 3. The molecule has 2 aromatic rings. The maximum Gasteiger partial charge on any atom is 0.251 e. The van der Waals surface area contributed by atoms with Crippen molar-refractivity contribution >= 4 is 11.9 Å². The molecule has 6 heteroatoms. The predicted octanol–water partition coefficient (Wildman–Crippen LogP) is 3.58. The fourth-order valence-corrected chi connectivity index (χ4v) is 4.38. The highest BCUT2D eigenvalue weighted by atomic mass is 16.1. The Bertz CT molecular complexity index is 926. The topological polar surface area (TPSA) is 68.8 Å². The molecule has 2 aromatic carbocycles. The van der Waals surface area contributed by atoms with Crippen molar-refractivity contribution in [3.63, 3.8) is 0 Å². The van der Waals surface area contributed by atoms with Gasteiger partial charge in [-0.05, 0) is 67.5 Å². The van der Waals surface area contributed by atoms with E-state index >= 15 is 0 Å². The van der Waals surface area contributed by atoms with E-state index in [9.17, 15) is 4.79 Å². The highest BCUT2D eigenvalue weighted by molar-refractivity contribution is 5.94. The molecule has 0 bridgehead atoms. The first-order valence-electron chi connectivity index (χ1n) is 12.2. The van der Waals surface area contributed by atoms with Crippen LogP contribution in [0.2, 0.25) is 0 Å². The van der Waals surface area contributed by atoms with E-state index < -0.39 is 0 Å². The van der Waals surface area contributed by atoms with Gasteiger partial charge in [0.1, 0.15) is 0 Å². The van der Waals surface area contributed by atoms with Gasteiger partial charge >= 0.3 is 0 Å². The van der Waals surface area contributed by atoms with Gasteiger partial charge in [0.25, 0.3) is 5.91 Å². The van der Waals surface area contributed by atoms with Gasteiger partial charge in [0, 0.05) is 38.8 Å². The van der Waals surface area contributed by atoms with Crippen molar-refractivity contribution in [3.8, 4) is 0 Å². The third-order valence-electron chi connectivity index (χ3n) is 6.13. The summed E-state index contributed by atoms with van der Waals surface area (Å²) in [5.74, 6) is 1.55. The molecule has 33 heavy (non-hydrogen) atoms. The number of hydrogen-bond donors (Lipinski definition) is 3. The summed E-state index contributed by atoms with van der Waals surface area (Å²) in [6.45, 7) is 10.0. The SMILES string of the molecule is CCNC(=NCc1ccccc1CN1CCCC(C)C1)NCCc1cccc(C(=O)NC)c1. The summed E-state index contributed by atoms with van der Waals surface area (Å²) in [5, 5.41) is 9.46. The van der Waals surface area contributed by atoms with Crippen LogP contribution < -0.4 is 16.0 Å². The number of benzene rings is 2. The van der Waals surface area contributed by atoms with E-state index in [0.717, 1.165) is 43.5 Å². The zero-order valence-corrected chi connectivity index (χ0v) is 20.4. The lowest BCUT2D eigenvalue weighted by molar-refractivity contribution is 0.0963. The first-order chi connectivity index (χ1) is 16.1. The average molecular weight is 450 g/mol. The van der Waals surface area contributed by atoms with Crippen LogP contribution >= 0.6 is 0 Å². The summed E-state index contributed by atoms with van der Waals surface area (Å²) in [6.07, 6.45) is 3.46. The summed E-state index contributed by atoms with van der Waals surface area (Å²) in [5.41, 5.74) is 4.47. The van der Waals surface area contributed by atoms with Gasteiger partial charge in [-0.1, -0.05) is 43.3 Å². The predicted molar refractivity (Wildman–Crippen MR) is 136 cm³/mol. The molecule has 1 saturated heterocycles. The molecule has 1 amide bonds. The van der Waals surface area contributed by atoms with Crippen molar-refractivity contribution < 1.29 is 4.79 Å². The molecule has 3 rings (SSSR count). The van der Waals surface area contributed by atoms with Crippen molar-refractivity contribution in [2.24, 2.45) is 10.9 Å². The second-order valence-corrected chi connectivity index (χ2v) is 8.90. The fourth-order valence-electron chi connectivity index (χ4n) is 4.38. The van der Waals surface area contributed by atoms with Gasteiger partial charge in [0.05, 0.1) is 6.54 Å². The van der Waals surface area contributed by atoms with Crippen molar-refractivity contribution in [2.75, 3.05) is 33.2 Å². The molecular formula is C27H39N5O. The van der Waals surface area contributed by atoms with E-state index in [-0.39, 0.29) is 5.91 Å². The van der Waals surface area contributed by atoms with Gasteiger partial charge < -0.3 is 16.0 Å². The number of piperidine rings is 1. The number of carbonyl (C=O) groups excluding carboxylic acids is 1. The van der Waals surface area contributed by atoms with Crippen LogP contribution in [0, 0.1) is 5.92 Å². The molecule has 0 aliphatic carbocycles. The Hall–Kier alpha value is -2.86. The smallest absolute Gasteiger partial charge is 0.251 e. The monoisotopic (exact) mass is 449 g/mol. The minimum atomic E-state index is -0.0580. The average Bonchev–Trinajstić information content (AvgIpc) is 2.83. The number of likely N-dealkylation sites (tertiary alicyclic amines) is 1. The summed E-state index contributed by atoms with van der Waals surface area (Å²) < 4.78 is 0. The van der Waals surface area contributed by atoms with Crippen molar-refractivity contribution in [2.45, 2.75) is 46.2 Å². The molecule has 1 unspecified atom stereocenters. The van der Waals surface area contributed by atoms with Crippen LogP contribution in [-0.2, 0) is 19.5 Å². The van der Waals surface area contributed by atoms with Gasteiger partial charge in [0.15, 0.2) is 5.96 Å². The molecular weight excluding hydrogens is 410 g/mol. The van der Waals surface area contributed by atoms with E-state index in [0.29, 0.717) is 12.1 Å². The van der Waals surface area contributed by atoms with E-state index in [1.54, 1.807) is 7.05 Å². The number of nitrogens with zero attached hydrogens (tertiary/aromatic N) is 2. The molecule has 178 valence electrons. The minimum Gasteiger partial charge on any atom is -0.357 e. The Labute approximate surface area is 198 Å². The number of hydrogen-bond acceptors (Lipinski definition) is 3. The third-order valence-corrected chi connectivity index (χ3v) is 6.13. The maximum atomic E-state index is 11.9. The maximum absolute atomic E-state index is 11.9. The van der Waals surface area contributed by atoms with Crippen LogP contribution in [0.5, 0.6) is 0 Å². The molecule has 1 heterocycles. The van der Waals surface area contributed by atoms with E-state index in [1.165, 1.54) is 37.1 Å². The Morgan fingerprint density at radius 1 is 1.12 bits per heavy atom. The largest absolute Gasteiger partial charge is 0.357 e. The summed E-state index contributed by atoms with van der Waals surface area (Å²) in [6, 6.07) is 16.4. The quantitative estimate of drug-likeness (QED) is 0.404. The van der Waals surface area contributed by atoms with Crippen LogP contribution in [0.4, 0.5) is 0 Å². The molecule has 6 nitrogen and oxygen atoms in total. The number of amides is 1. The number of carbonyl (C=O) groups is 1. The lowest BCUT2D eigenvalue weighted by Gasteiger charge is -2.31. The second kappa shape index (κ2) is 13.0. The Morgan fingerprint density at radius 3 is 2.70 bits per heavy atom. The van der Waals surface area contributed by atoms with Crippen LogP contribution in [0.3, 0.4) is 0 Å². The van der Waals surface area contributed by atoms with Crippen molar-refractivity contribution in [1.29, 1.82) is 0 Å². The molecule has 0 spiro atoms. The van der Waals surface area contributed by atoms with Crippen molar-refractivity contribution in [1.82, 2.24) is 20.9 Å². The standard InChI is InChI=1S/C27H39N5O/c1-4-29-27(30-15-14-22-10-7-13-23(17-22)26(33)28-3)31-18-24-11-5-6-12-25(24)20-32-16-8-9-21(2)19-32/h5-7,10-13,17,21H,4,8-9,14-16,18-20H2,1-3H3,(H,28,33)(H2,29,30,31). The molecule has 1 fully saturated rings. The third kappa shape index (κ3) is 7.90. The van der Waals surface area contributed by atoms with E-state index in [2.05, 4.69) is 65.0 Å². The molecule has 0 radical (unpaired) electrons. The van der Waals surface area contributed by atoms with Crippen LogP contribution in [0.1, 0.15) is 53.7 Å². The molecule has 0 aromatic heterocycles. The normalized spacial score (nSPS) is 16.9. The summed E-state index contributed by atoms with van der Waals surface area (Å²) in [4.78, 5) is 19.3. The fraction of sp³-hybridized carbons (Fsp3) is 0.481. The number of aliphatic imine (C=N–C) groups is 1. The van der Waals surface area contributed by atoms with Gasteiger partial charge in [0.2, 0.25) is 0 Å². The Morgan fingerprint density at radius 2 is 1.94 bits per heavy atom. The van der Waals surface area contributed by atoms with Crippen LogP contribution in [-0.4, -0.2) is 50.0 Å². The van der Waals surface area contributed by atoms with Gasteiger partial charge in [-0.15, -0.1) is 0 Å². The van der Waals surface area contributed by atoms with E-state index in [4.69, 9.17) is 4.99 Å². The molecule has 0 saturated carbocycles. The highest BCUT2D eigenvalue weighted by Crippen LogP contribution is 2.20.